The first-order chi connectivity index (χ1) is 11.1. The van der Waals surface area contributed by atoms with Gasteiger partial charge >= 0.3 is 0 Å². The first kappa shape index (κ1) is 15.6. The number of halogens is 1. The molecule has 1 atom stereocenters. The summed E-state index contributed by atoms with van der Waals surface area (Å²) in [5.74, 6) is -0.717. The highest BCUT2D eigenvalue weighted by molar-refractivity contribution is 6.31. The Hall–Kier alpha value is -2.31. The Balaban J connectivity index is 1.76. The molecule has 0 radical (unpaired) electrons. The van der Waals surface area contributed by atoms with E-state index in [9.17, 15) is 9.59 Å². The summed E-state index contributed by atoms with van der Waals surface area (Å²) < 4.78 is 0. The average molecular weight is 333 g/mol. The normalized spacial score (nSPS) is 18.0. The van der Waals surface area contributed by atoms with Crippen molar-refractivity contribution in [1.29, 1.82) is 0 Å². The fourth-order valence-corrected chi connectivity index (χ4v) is 3.00. The van der Waals surface area contributed by atoms with E-state index in [4.69, 9.17) is 17.3 Å². The van der Waals surface area contributed by atoms with Gasteiger partial charge in [-0.15, -0.1) is 0 Å². The molecule has 4 N–H and O–H groups in total. The van der Waals surface area contributed by atoms with E-state index in [1.807, 2.05) is 24.3 Å². The third-order valence-corrected chi connectivity index (χ3v) is 4.29. The Bertz CT molecular complexity index is 743. The molecule has 6 nitrogen and oxygen atoms in total. The van der Waals surface area contributed by atoms with Gasteiger partial charge in [0.15, 0.2) is 0 Å². The Morgan fingerprint density at radius 3 is 2.78 bits per heavy atom. The van der Waals surface area contributed by atoms with Crippen molar-refractivity contribution < 1.29 is 9.59 Å². The van der Waals surface area contributed by atoms with Crippen LogP contribution in [-0.2, 0) is 0 Å². The zero-order valence-corrected chi connectivity index (χ0v) is 13.1. The van der Waals surface area contributed by atoms with Gasteiger partial charge in [-0.25, -0.2) is 0 Å². The zero-order valence-electron chi connectivity index (χ0n) is 12.4. The van der Waals surface area contributed by atoms with Gasteiger partial charge in [0, 0.05) is 30.9 Å². The predicted octanol–water partition coefficient (Wildman–Crippen LogP) is 1.55. The fraction of sp³-hybridized carbons (Fsp3) is 0.250. The van der Waals surface area contributed by atoms with Crippen molar-refractivity contribution in [2.24, 2.45) is 5.73 Å². The maximum Gasteiger partial charge on any atom is 0.270 e. The molecule has 3 rings (SSSR count). The monoisotopic (exact) mass is 332 g/mol. The van der Waals surface area contributed by atoms with E-state index in [0.717, 1.165) is 5.56 Å². The molecule has 0 saturated carbocycles. The van der Waals surface area contributed by atoms with Crippen LogP contribution >= 0.6 is 11.6 Å². The molecule has 120 valence electrons. The Labute approximate surface area is 138 Å². The topological polar surface area (TPSA) is 91.2 Å². The van der Waals surface area contributed by atoms with Crippen LogP contribution in [0.4, 0.5) is 0 Å². The third kappa shape index (κ3) is 3.23. The van der Waals surface area contributed by atoms with Gasteiger partial charge in [0.05, 0.1) is 11.6 Å². The molecule has 2 amide bonds. The molecule has 1 aromatic carbocycles. The number of nitrogens with one attached hydrogen (secondary N) is 2. The number of carbonyl (C=O) groups excluding carboxylic acids is 2. The molecule has 1 aliphatic heterocycles. The number of amides is 2. The zero-order chi connectivity index (χ0) is 16.4. The third-order valence-electron chi connectivity index (χ3n) is 3.94. The highest BCUT2D eigenvalue weighted by Crippen LogP contribution is 2.25. The lowest BCUT2D eigenvalue weighted by atomic mass is 10.0. The van der Waals surface area contributed by atoms with Gasteiger partial charge < -0.3 is 20.9 Å². The number of primary amides is 1. The second kappa shape index (κ2) is 6.44. The quantitative estimate of drug-likeness (QED) is 0.796. The molecule has 1 fully saturated rings. The Morgan fingerprint density at radius 2 is 2.09 bits per heavy atom. The van der Waals surface area contributed by atoms with Crippen LogP contribution in [0.3, 0.4) is 0 Å². The number of aromatic amines is 1. The van der Waals surface area contributed by atoms with Crippen LogP contribution in [-0.4, -0.2) is 41.3 Å². The highest BCUT2D eigenvalue weighted by Gasteiger charge is 2.27. The highest BCUT2D eigenvalue weighted by atomic mass is 35.5. The molecule has 1 unspecified atom stereocenters. The summed E-state index contributed by atoms with van der Waals surface area (Å²) in [6.45, 7) is 1.77. The fourth-order valence-electron chi connectivity index (χ4n) is 2.73. The van der Waals surface area contributed by atoms with Crippen molar-refractivity contribution in [3.8, 4) is 0 Å². The lowest BCUT2D eigenvalue weighted by Crippen LogP contribution is -2.48. The lowest BCUT2D eigenvalue weighted by Gasteiger charge is -2.34. The van der Waals surface area contributed by atoms with Gasteiger partial charge in [0.2, 0.25) is 5.91 Å². The molecule has 0 bridgehead atoms. The molecule has 1 saturated heterocycles. The minimum Gasteiger partial charge on any atom is -0.366 e. The number of aromatic nitrogens is 1. The molecule has 2 aromatic rings. The van der Waals surface area contributed by atoms with Crippen LogP contribution in [0.25, 0.3) is 0 Å². The summed E-state index contributed by atoms with van der Waals surface area (Å²) in [5.41, 5.74) is 6.84. The second-order valence-corrected chi connectivity index (χ2v) is 5.85. The second-order valence-electron chi connectivity index (χ2n) is 5.45. The molecule has 1 aliphatic rings. The molecular formula is C16H17ClN4O2. The molecule has 2 heterocycles. The van der Waals surface area contributed by atoms with E-state index in [1.165, 1.54) is 12.3 Å². The number of hydrogen-bond donors (Lipinski definition) is 3. The number of H-pyrrole nitrogens is 1. The minimum atomic E-state index is -0.561. The van der Waals surface area contributed by atoms with Gasteiger partial charge in [0.1, 0.15) is 5.69 Å². The smallest absolute Gasteiger partial charge is 0.270 e. The summed E-state index contributed by atoms with van der Waals surface area (Å²) in [6, 6.07) is 9.05. The maximum atomic E-state index is 12.6. The van der Waals surface area contributed by atoms with Crippen molar-refractivity contribution in [3.05, 3.63) is 58.4 Å². The number of hydrogen-bond acceptors (Lipinski definition) is 3. The van der Waals surface area contributed by atoms with Crippen molar-refractivity contribution in [1.82, 2.24) is 15.2 Å². The summed E-state index contributed by atoms with van der Waals surface area (Å²) in [4.78, 5) is 28.3. The van der Waals surface area contributed by atoms with Crippen molar-refractivity contribution in [3.63, 3.8) is 0 Å². The molecule has 0 aliphatic carbocycles. The molecule has 1 aromatic heterocycles. The number of nitrogens with zero attached hydrogens (tertiary/aromatic N) is 1. The van der Waals surface area contributed by atoms with Crippen LogP contribution in [0.2, 0.25) is 5.02 Å². The summed E-state index contributed by atoms with van der Waals surface area (Å²) in [7, 11) is 0. The van der Waals surface area contributed by atoms with E-state index >= 15 is 0 Å². The van der Waals surface area contributed by atoms with Crippen molar-refractivity contribution >= 4 is 23.4 Å². The average Bonchev–Trinajstić information content (AvgIpc) is 3.05. The molecule has 23 heavy (non-hydrogen) atoms. The largest absolute Gasteiger partial charge is 0.366 e. The summed E-state index contributed by atoms with van der Waals surface area (Å²) >= 11 is 6.24. The van der Waals surface area contributed by atoms with E-state index in [2.05, 4.69) is 10.3 Å². The standard InChI is InChI=1S/C16H17ClN4O2/c17-12-4-2-1-3-11(12)14-9-21(6-5-19-14)16(23)13-7-10(8-20-13)15(18)22/h1-4,7-8,14,19-20H,5-6,9H2,(H2,18,22). The Morgan fingerprint density at radius 1 is 1.30 bits per heavy atom. The van der Waals surface area contributed by atoms with Crippen molar-refractivity contribution in [2.75, 3.05) is 19.6 Å². The Kier molecular flexibility index (Phi) is 4.36. The lowest BCUT2D eigenvalue weighted by molar-refractivity contribution is 0.0697. The minimum absolute atomic E-state index is 0.0213. The number of benzene rings is 1. The SMILES string of the molecule is NC(=O)c1c[nH]c(C(=O)N2CCNC(c3ccccc3Cl)C2)c1. The van der Waals surface area contributed by atoms with Gasteiger partial charge in [-0.05, 0) is 17.7 Å². The van der Waals surface area contributed by atoms with Gasteiger partial charge in [-0.2, -0.15) is 0 Å². The molecule has 7 heteroatoms. The summed E-state index contributed by atoms with van der Waals surface area (Å²) in [5, 5.41) is 4.05. The number of nitrogens with two attached hydrogens (primary N) is 1. The van der Waals surface area contributed by atoms with Gasteiger partial charge in [-0.1, -0.05) is 29.8 Å². The predicted molar refractivity (Wildman–Crippen MR) is 87.4 cm³/mol. The van der Waals surface area contributed by atoms with Crippen LogP contribution < -0.4 is 11.1 Å². The maximum absolute atomic E-state index is 12.6. The number of piperazine rings is 1. The number of rotatable bonds is 3. The number of carbonyl (C=O) groups is 2. The molecule has 0 spiro atoms. The van der Waals surface area contributed by atoms with E-state index in [1.54, 1.807) is 4.90 Å². The molecular weight excluding hydrogens is 316 g/mol. The van der Waals surface area contributed by atoms with Crippen LogP contribution in [0.15, 0.2) is 36.5 Å². The first-order valence-corrected chi connectivity index (χ1v) is 7.69. The first-order valence-electron chi connectivity index (χ1n) is 7.31. The van der Waals surface area contributed by atoms with Gasteiger partial charge in [-0.3, -0.25) is 9.59 Å². The summed E-state index contributed by atoms with van der Waals surface area (Å²) in [6.07, 6.45) is 1.45. The van der Waals surface area contributed by atoms with Crippen molar-refractivity contribution in [2.45, 2.75) is 6.04 Å². The van der Waals surface area contributed by atoms with Crippen LogP contribution in [0, 0.1) is 0 Å². The van der Waals surface area contributed by atoms with E-state index in [0.29, 0.717) is 35.9 Å². The van der Waals surface area contributed by atoms with E-state index < -0.39 is 5.91 Å². The van der Waals surface area contributed by atoms with Crippen LogP contribution in [0.1, 0.15) is 32.5 Å². The van der Waals surface area contributed by atoms with Crippen LogP contribution in [0.5, 0.6) is 0 Å². The van der Waals surface area contributed by atoms with Gasteiger partial charge in [0.25, 0.3) is 5.91 Å². The van der Waals surface area contributed by atoms with E-state index in [-0.39, 0.29) is 11.9 Å².